The van der Waals surface area contributed by atoms with E-state index in [4.69, 9.17) is 0 Å². The fourth-order valence-corrected chi connectivity index (χ4v) is 3.18. The minimum atomic E-state index is -0.743. The lowest BCUT2D eigenvalue weighted by Crippen LogP contribution is -2.24. The van der Waals surface area contributed by atoms with Gasteiger partial charge in [-0.25, -0.2) is 24.5 Å². The van der Waals surface area contributed by atoms with Gasteiger partial charge < -0.3 is 5.32 Å². The van der Waals surface area contributed by atoms with E-state index in [-0.39, 0.29) is 17.7 Å². The Morgan fingerprint density at radius 2 is 1.96 bits per heavy atom. The molecule has 2 aromatic heterocycles. The number of hydrazine groups is 1. The largest absolute Gasteiger partial charge is 0.351 e. The molecule has 138 valence electrons. The summed E-state index contributed by atoms with van der Waals surface area (Å²) < 4.78 is 12.9. The lowest BCUT2D eigenvalue weighted by molar-refractivity contribution is -0.446. The first kappa shape index (κ1) is 18.4. The van der Waals surface area contributed by atoms with Crippen molar-refractivity contribution in [1.82, 2.24) is 15.3 Å². The Morgan fingerprint density at radius 3 is 2.70 bits per heavy atom. The third kappa shape index (κ3) is 5.05. The van der Waals surface area contributed by atoms with Crippen molar-refractivity contribution in [2.45, 2.75) is 6.42 Å². The number of nitrogens with one attached hydrogen (secondary N) is 2. The number of halogens is 1. The molecule has 0 aliphatic rings. The zero-order valence-corrected chi connectivity index (χ0v) is 14.7. The molecule has 10 heteroatoms. The van der Waals surface area contributed by atoms with E-state index < -0.39 is 5.03 Å². The van der Waals surface area contributed by atoms with Crippen LogP contribution in [-0.4, -0.2) is 27.5 Å². The molecule has 8 nitrogen and oxygen atoms in total. The van der Waals surface area contributed by atoms with Gasteiger partial charge in [0.05, 0.1) is 15.4 Å². The van der Waals surface area contributed by atoms with Crippen LogP contribution in [0.5, 0.6) is 0 Å². The summed E-state index contributed by atoms with van der Waals surface area (Å²) in [6.45, 7) is 0.419. The van der Waals surface area contributed by atoms with Crippen molar-refractivity contribution in [3.05, 3.63) is 75.0 Å². The van der Waals surface area contributed by atoms with E-state index in [1.165, 1.54) is 29.7 Å². The third-order valence-corrected chi connectivity index (χ3v) is 4.65. The molecule has 0 unspecified atom stereocenters. The molecule has 0 aliphatic carbocycles. The first-order valence-electron chi connectivity index (χ1n) is 7.88. The van der Waals surface area contributed by atoms with Crippen LogP contribution >= 0.6 is 11.3 Å². The summed E-state index contributed by atoms with van der Waals surface area (Å²) in [5, 5.41) is 12.5. The van der Waals surface area contributed by atoms with Gasteiger partial charge in [0, 0.05) is 12.7 Å². The Bertz CT molecular complexity index is 961. The summed E-state index contributed by atoms with van der Waals surface area (Å²) in [4.78, 5) is 31.7. The second kappa shape index (κ2) is 8.32. The predicted octanol–water partition coefficient (Wildman–Crippen LogP) is 2.92. The van der Waals surface area contributed by atoms with Crippen molar-refractivity contribution < 1.29 is 14.2 Å². The zero-order valence-electron chi connectivity index (χ0n) is 13.9. The number of rotatable bonds is 7. The number of nitrogens with zero attached hydrogens (tertiary/aromatic N) is 3. The molecule has 0 saturated carbocycles. The number of thiophene rings is 1. The van der Waals surface area contributed by atoms with E-state index in [0.29, 0.717) is 28.4 Å². The van der Waals surface area contributed by atoms with Crippen molar-refractivity contribution >= 4 is 23.2 Å². The zero-order chi connectivity index (χ0) is 19.2. The Hall–Kier alpha value is -3.40. The summed E-state index contributed by atoms with van der Waals surface area (Å²) in [5.41, 5.74) is 3.30. The lowest BCUT2D eigenvalue weighted by atomic mass is 10.1. The van der Waals surface area contributed by atoms with Gasteiger partial charge in [-0.15, -0.1) is 11.3 Å². The van der Waals surface area contributed by atoms with E-state index in [1.807, 2.05) is 5.43 Å². The summed E-state index contributed by atoms with van der Waals surface area (Å²) in [5.74, 6) is -0.655. The fraction of sp³-hybridized carbons (Fsp3) is 0.118. The number of benzene rings is 1. The number of anilines is 1. The molecular formula is C17H14FN5O3S. The van der Waals surface area contributed by atoms with E-state index in [1.54, 1.807) is 30.3 Å². The maximum absolute atomic E-state index is 12.9. The molecule has 0 bridgehead atoms. The average Bonchev–Trinajstić information content (AvgIpc) is 3.13. The standard InChI is InChI=1S/C17H14FN5O3S/c18-12-3-1-11(2-4-12)7-9-19-16(24)15-6-5-14(27-15)13-8-10-20-17(21-13)22-23(25)26/h1-6,8,10H,7,9H2,(H,19,24)(H,20,21,22). The first-order valence-corrected chi connectivity index (χ1v) is 8.70. The summed E-state index contributed by atoms with van der Waals surface area (Å²) in [7, 11) is 0. The van der Waals surface area contributed by atoms with E-state index >= 15 is 0 Å². The monoisotopic (exact) mass is 387 g/mol. The van der Waals surface area contributed by atoms with Crippen LogP contribution in [0.2, 0.25) is 0 Å². The SMILES string of the molecule is O=C(NCCc1ccc(F)cc1)c1ccc(-c2ccnc(N[N+](=O)[O-])n2)s1. The molecule has 1 amide bonds. The number of aromatic nitrogens is 2. The highest BCUT2D eigenvalue weighted by molar-refractivity contribution is 7.17. The average molecular weight is 387 g/mol. The molecule has 1 aromatic carbocycles. The van der Waals surface area contributed by atoms with Gasteiger partial charge in [-0.2, -0.15) is 0 Å². The minimum absolute atomic E-state index is 0.129. The molecule has 0 fully saturated rings. The number of amides is 1. The van der Waals surface area contributed by atoms with Crippen LogP contribution < -0.4 is 10.7 Å². The maximum atomic E-state index is 12.9. The first-order chi connectivity index (χ1) is 13.0. The van der Waals surface area contributed by atoms with Gasteiger partial charge in [0.1, 0.15) is 5.82 Å². The molecule has 3 aromatic rings. The molecule has 0 aliphatic heterocycles. The van der Waals surface area contributed by atoms with Gasteiger partial charge in [0.15, 0.2) is 5.03 Å². The normalized spacial score (nSPS) is 10.4. The number of carbonyl (C=O) groups is 1. The van der Waals surface area contributed by atoms with Gasteiger partial charge in [-0.1, -0.05) is 17.6 Å². The Kier molecular flexibility index (Phi) is 5.67. The second-order valence-corrected chi connectivity index (χ2v) is 6.51. The van der Waals surface area contributed by atoms with E-state index in [2.05, 4.69) is 15.3 Å². The van der Waals surface area contributed by atoms with Gasteiger partial charge in [0.25, 0.3) is 11.9 Å². The Labute approximate surface area is 157 Å². The van der Waals surface area contributed by atoms with Gasteiger partial charge >= 0.3 is 0 Å². The summed E-state index contributed by atoms with van der Waals surface area (Å²) in [6.07, 6.45) is 1.99. The molecule has 0 atom stereocenters. The number of carbonyl (C=O) groups excluding carboxylic acids is 1. The maximum Gasteiger partial charge on any atom is 0.285 e. The van der Waals surface area contributed by atoms with Crippen molar-refractivity contribution in [3.63, 3.8) is 0 Å². The van der Waals surface area contributed by atoms with Gasteiger partial charge in [-0.3, -0.25) is 4.79 Å². The molecule has 0 spiro atoms. The van der Waals surface area contributed by atoms with Crippen LogP contribution in [0.1, 0.15) is 15.2 Å². The highest BCUT2D eigenvalue weighted by atomic mass is 32.1. The molecular weight excluding hydrogens is 373 g/mol. The third-order valence-electron chi connectivity index (χ3n) is 3.54. The molecule has 27 heavy (non-hydrogen) atoms. The minimum Gasteiger partial charge on any atom is -0.351 e. The Morgan fingerprint density at radius 1 is 1.19 bits per heavy atom. The van der Waals surface area contributed by atoms with Crippen LogP contribution in [-0.2, 0) is 6.42 Å². The number of hydrogen-bond donors (Lipinski definition) is 2. The van der Waals surface area contributed by atoms with Crippen LogP contribution in [0.3, 0.4) is 0 Å². The van der Waals surface area contributed by atoms with Crippen molar-refractivity contribution in [3.8, 4) is 10.6 Å². The fourth-order valence-electron chi connectivity index (χ4n) is 2.29. The van der Waals surface area contributed by atoms with Gasteiger partial charge in [-0.05, 0) is 42.3 Å². The van der Waals surface area contributed by atoms with Crippen LogP contribution in [0.25, 0.3) is 10.6 Å². The highest BCUT2D eigenvalue weighted by Crippen LogP contribution is 2.27. The highest BCUT2D eigenvalue weighted by Gasteiger charge is 2.12. The lowest BCUT2D eigenvalue weighted by Gasteiger charge is -2.04. The quantitative estimate of drug-likeness (QED) is 0.476. The molecule has 3 rings (SSSR count). The molecule has 0 radical (unpaired) electrons. The van der Waals surface area contributed by atoms with E-state index in [0.717, 1.165) is 5.56 Å². The van der Waals surface area contributed by atoms with Crippen LogP contribution in [0.15, 0.2) is 48.7 Å². The molecule has 0 saturated heterocycles. The summed E-state index contributed by atoms with van der Waals surface area (Å²) >= 11 is 1.22. The number of nitro groups is 1. The van der Waals surface area contributed by atoms with Crippen LogP contribution in [0.4, 0.5) is 10.3 Å². The topological polar surface area (TPSA) is 110 Å². The molecule has 2 heterocycles. The van der Waals surface area contributed by atoms with Crippen molar-refractivity contribution in [1.29, 1.82) is 0 Å². The summed E-state index contributed by atoms with van der Waals surface area (Å²) in [6, 6.07) is 11.1. The predicted molar refractivity (Wildman–Crippen MR) is 98.4 cm³/mol. The van der Waals surface area contributed by atoms with Crippen LogP contribution in [0, 0.1) is 15.9 Å². The van der Waals surface area contributed by atoms with E-state index in [9.17, 15) is 19.3 Å². The Balaban J connectivity index is 1.60. The van der Waals surface area contributed by atoms with Crippen molar-refractivity contribution in [2.75, 3.05) is 12.0 Å². The second-order valence-electron chi connectivity index (χ2n) is 5.43. The van der Waals surface area contributed by atoms with Gasteiger partial charge in [0.2, 0.25) is 0 Å². The molecule has 2 N–H and O–H groups in total. The van der Waals surface area contributed by atoms with Crippen molar-refractivity contribution in [2.24, 2.45) is 0 Å². The smallest absolute Gasteiger partial charge is 0.285 e. The number of hydrogen-bond acceptors (Lipinski definition) is 6.